The monoisotopic (exact) mass is 577 g/mol. The van der Waals surface area contributed by atoms with Crippen molar-refractivity contribution in [1.82, 2.24) is 19.6 Å². The number of carboxylic acid groups (broad SMARTS) is 2. The van der Waals surface area contributed by atoms with E-state index in [0.717, 1.165) is 33.6 Å². The molecule has 2 rings (SSSR count). The van der Waals surface area contributed by atoms with E-state index in [1.165, 1.54) is 25.7 Å². The quantitative estimate of drug-likeness (QED) is 0.426. The Morgan fingerprint density at radius 1 is 0.750 bits per heavy atom. The van der Waals surface area contributed by atoms with E-state index >= 15 is 0 Å². The Morgan fingerprint density at radius 3 is 1.32 bits per heavy atom. The van der Waals surface area contributed by atoms with Crippen molar-refractivity contribution in [2.75, 3.05) is 19.8 Å². The van der Waals surface area contributed by atoms with E-state index in [0.29, 0.717) is 0 Å². The predicted molar refractivity (Wildman–Crippen MR) is 105 cm³/mol. The molecule has 2 aliphatic rings. The SMILES string of the molecule is CC(=O)O.CC(=O)O.CCCCN1C=CN(CN2C=CN(CCCC)[CH-]2)[CH-]1.[Pt+2]. The van der Waals surface area contributed by atoms with Crippen LogP contribution in [-0.2, 0) is 30.7 Å². The number of aliphatic carboxylic acids is 2. The molecule has 0 aliphatic carbocycles. The van der Waals surface area contributed by atoms with Crippen LogP contribution in [0.3, 0.4) is 0 Å². The smallest absolute Gasteiger partial charge is 0.508 e. The molecule has 0 unspecified atom stereocenters. The molecule has 0 spiro atoms. The van der Waals surface area contributed by atoms with Crippen molar-refractivity contribution < 1.29 is 40.9 Å². The van der Waals surface area contributed by atoms with Crippen LogP contribution in [-0.4, -0.2) is 61.5 Å². The molecule has 0 fully saturated rings. The van der Waals surface area contributed by atoms with Gasteiger partial charge in [0.1, 0.15) is 0 Å². The van der Waals surface area contributed by atoms with Crippen LogP contribution in [0.5, 0.6) is 0 Å². The first-order chi connectivity index (χ1) is 12.8. The van der Waals surface area contributed by atoms with Crippen molar-refractivity contribution in [2.24, 2.45) is 0 Å². The van der Waals surface area contributed by atoms with E-state index in [-0.39, 0.29) is 21.1 Å². The van der Waals surface area contributed by atoms with E-state index in [2.05, 4.69) is 71.6 Å². The fourth-order valence-corrected chi connectivity index (χ4v) is 2.18. The normalized spacial score (nSPS) is 14.1. The summed E-state index contributed by atoms with van der Waals surface area (Å²) in [5.41, 5.74) is 0. The van der Waals surface area contributed by atoms with Crippen LogP contribution in [0.1, 0.15) is 53.4 Å². The molecule has 0 saturated heterocycles. The molecule has 0 aromatic carbocycles. The van der Waals surface area contributed by atoms with Gasteiger partial charge in [0.25, 0.3) is 11.9 Å². The second kappa shape index (κ2) is 17.4. The topological polar surface area (TPSA) is 87.6 Å². The standard InChI is InChI=1S/C15H26N4.2C2H4O2.Pt/c1-3-5-7-16-9-11-18(13-16)15-19-12-10-17(14-19)8-6-4-2;2*1-2(3)4;/h9-14H,3-8,15H2,1-2H3;2*1H3,(H,3,4);/q-2;;;+2. The van der Waals surface area contributed by atoms with Gasteiger partial charge in [-0.05, 0) is 50.7 Å². The van der Waals surface area contributed by atoms with Crippen LogP contribution >= 0.6 is 0 Å². The molecule has 9 heteroatoms. The van der Waals surface area contributed by atoms with Gasteiger partial charge in [-0.15, -0.1) is 0 Å². The van der Waals surface area contributed by atoms with Crippen molar-refractivity contribution in [3.8, 4) is 0 Å². The maximum atomic E-state index is 9.00. The average molecular weight is 578 g/mol. The van der Waals surface area contributed by atoms with Crippen LogP contribution in [0.25, 0.3) is 0 Å². The largest absolute Gasteiger partial charge is 2.00 e. The van der Waals surface area contributed by atoms with Gasteiger partial charge in [0.2, 0.25) is 0 Å². The van der Waals surface area contributed by atoms with Crippen molar-refractivity contribution in [1.29, 1.82) is 0 Å². The summed E-state index contributed by atoms with van der Waals surface area (Å²) < 4.78 is 0. The summed E-state index contributed by atoms with van der Waals surface area (Å²) in [5.74, 6) is -1.67. The summed E-state index contributed by atoms with van der Waals surface area (Å²) in [6, 6.07) is 0. The Bertz CT molecular complexity index is 439. The van der Waals surface area contributed by atoms with Gasteiger partial charge in [-0.3, -0.25) is 9.59 Å². The van der Waals surface area contributed by atoms with Gasteiger partial charge in [-0.2, -0.15) is 13.3 Å². The molecule has 0 atom stereocenters. The number of unbranched alkanes of at least 4 members (excludes halogenated alkanes) is 2. The third-order valence-electron chi connectivity index (χ3n) is 3.36. The summed E-state index contributed by atoms with van der Waals surface area (Å²) in [4.78, 5) is 27.0. The van der Waals surface area contributed by atoms with E-state index in [4.69, 9.17) is 19.8 Å². The Morgan fingerprint density at radius 2 is 1.04 bits per heavy atom. The van der Waals surface area contributed by atoms with E-state index in [9.17, 15) is 0 Å². The first-order valence-corrected chi connectivity index (χ1v) is 9.27. The molecule has 0 amide bonds. The Hall–Kier alpha value is -1.69. The Labute approximate surface area is 183 Å². The van der Waals surface area contributed by atoms with E-state index < -0.39 is 11.9 Å². The molecule has 28 heavy (non-hydrogen) atoms. The summed E-state index contributed by atoms with van der Waals surface area (Å²) in [5, 5.41) is 14.8. The third kappa shape index (κ3) is 16.5. The number of hydrogen-bond donors (Lipinski definition) is 2. The van der Waals surface area contributed by atoms with Gasteiger partial charge in [-0.25, -0.2) is 0 Å². The van der Waals surface area contributed by atoms with Gasteiger partial charge in [0.15, 0.2) is 0 Å². The van der Waals surface area contributed by atoms with Gasteiger partial charge < -0.3 is 29.8 Å². The number of carboxylic acids is 2. The minimum Gasteiger partial charge on any atom is -0.508 e. The number of carbonyl (C=O) groups is 2. The molecular weight excluding hydrogens is 543 g/mol. The molecule has 8 nitrogen and oxygen atoms in total. The fraction of sp³-hybridized carbons (Fsp3) is 0.579. The fourth-order valence-electron chi connectivity index (χ4n) is 2.18. The Balaban J connectivity index is 0. The zero-order valence-electron chi connectivity index (χ0n) is 17.2. The molecule has 0 aromatic rings. The molecule has 0 saturated carbocycles. The molecule has 2 heterocycles. The summed E-state index contributed by atoms with van der Waals surface area (Å²) >= 11 is 0. The van der Waals surface area contributed by atoms with E-state index in [1.807, 2.05) is 0 Å². The Kier molecular flexibility index (Phi) is 17.7. The summed E-state index contributed by atoms with van der Waals surface area (Å²) in [6.45, 7) is 14.1. The average Bonchev–Trinajstić information content (AvgIpc) is 3.20. The molecule has 164 valence electrons. The molecule has 0 aromatic heterocycles. The minimum atomic E-state index is -0.833. The van der Waals surface area contributed by atoms with Gasteiger partial charge in [0, 0.05) is 20.5 Å². The zero-order valence-corrected chi connectivity index (χ0v) is 19.5. The number of rotatable bonds is 8. The van der Waals surface area contributed by atoms with Gasteiger partial charge in [0.05, 0.1) is 0 Å². The van der Waals surface area contributed by atoms with Crippen molar-refractivity contribution in [3.05, 3.63) is 38.1 Å². The van der Waals surface area contributed by atoms with Crippen LogP contribution in [0.2, 0.25) is 0 Å². The van der Waals surface area contributed by atoms with Crippen molar-refractivity contribution in [2.45, 2.75) is 53.4 Å². The molecule has 2 N–H and O–H groups in total. The molecule has 0 radical (unpaired) electrons. The number of hydrogen-bond acceptors (Lipinski definition) is 6. The summed E-state index contributed by atoms with van der Waals surface area (Å²) in [7, 11) is 0. The summed E-state index contributed by atoms with van der Waals surface area (Å²) in [6.07, 6.45) is 13.6. The van der Waals surface area contributed by atoms with Crippen LogP contribution in [0.4, 0.5) is 0 Å². The molecular formula is C19H34N4O4Pt. The second-order valence-corrected chi connectivity index (χ2v) is 6.22. The molecule has 0 bridgehead atoms. The number of nitrogens with zero attached hydrogens (tertiary/aromatic N) is 4. The van der Waals surface area contributed by atoms with E-state index in [1.54, 1.807) is 0 Å². The van der Waals surface area contributed by atoms with Crippen molar-refractivity contribution >= 4 is 11.9 Å². The van der Waals surface area contributed by atoms with Crippen LogP contribution < -0.4 is 0 Å². The van der Waals surface area contributed by atoms with Crippen molar-refractivity contribution in [3.63, 3.8) is 0 Å². The zero-order chi connectivity index (χ0) is 20.7. The maximum absolute atomic E-state index is 9.00. The van der Waals surface area contributed by atoms with Crippen LogP contribution in [0, 0.1) is 13.3 Å². The minimum absolute atomic E-state index is 0. The predicted octanol–water partition coefficient (Wildman–Crippen LogP) is 3.14. The van der Waals surface area contributed by atoms with Gasteiger partial charge >= 0.3 is 21.1 Å². The maximum Gasteiger partial charge on any atom is 2.00 e. The van der Waals surface area contributed by atoms with Crippen LogP contribution in [0.15, 0.2) is 24.8 Å². The first kappa shape index (κ1) is 28.5. The van der Waals surface area contributed by atoms with Gasteiger partial charge in [-0.1, -0.05) is 26.7 Å². The second-order valence-electron chi connectivity index (χ2n) is 6.22. The molecule has 2 aliphatic heterocycles. The third-order valence-corrected chi connectivity index (χ3v) is 3.36. The first-order valence-electron chi connectivity index (χ1n) is 9.27.